The summed E-state index contributed by atoms with van der Waals surface area (Å²) >= 11 is 0. The summed E-state index contributed by atoms with van der Waals surface area (Å²) in [6.07, 6.45) is 7.11. The van der Waals surface area contributed by atoms with Gasteiger partial charge in [0.1, 0.15) is 0 Å². The third-order valence-corrected chi connectivity index (χ3v) is 4.72. The van der Waals surface area contributed by atoms with Gasteiger partial charge >= 0.3 is 0 Å². The van der Waals surface area contributed by atoms with Crippen LogP contribution in [0.2, 0.25) is 0 Å². The van der Waals surface area contributed by atoms with E-state index in [2.05, 4.69) is 41.6 Å². The second kappa shape index (κ2) is 5.98. The zero-order valence-corrected chi connectivity index (χ0v) is 12.9. The molecule has 112 valence electrons. The highest BCUT2D eigenvalue weighted by atomic mass is 15.4. The third-order valence-electron chi connectivity index (χ3n) is 4.72. The minimum atomic E-state index is 0.296. The van der Waals surface area contributed by atoms with Gasteiger partial charge in [-0.05, 0) is 36.9 Å². The van der Waals surface area contributed by atoms with Crippen LogP contribution in [0.4, 0.5) is 0 Å². The fourth-order valence-electron chi connectivity index (χ4n) is 3.59. The maximum absolute atomic E-state index is 4.32. The van der Waals surface area contributed by atoms with Crippen LogP contribution in [0.25, 0.3) is 5.69 Å². The Morgan fingerprint density at radius 1 is 1.24 bits per heavy atom. The Balaban J connectivity index is 1.99. The molecule has 0 amide bonds. The Morgan fingerprint density at radius 2 is 1.95 bits per heavy atom. The molecule has 0 bridgehead atoms. The molecule has 1 aromatic heterocycles. The van der Waals surface area contributed by atoms with Gasteiger partial charge in [-0.1, -0.05) is 50.1 Å². The van der Waals surface area contributed by atoms with Gasteiger partial charge in [-0.15, -0.1) is 5.10 Å². The van der Waals surface area contributed by atoms with Crippen LogP contribution in [0.15, 0.2) is 36.5 Å². The third kappa shape index (κ3) is 2.72. The normalized spacial score (nSPS) is 18.8. The lowest BCUT2D eigenvalue weighted by atomic mass is 9.79. The Kier molecular flexibility index (Phi) is 4.06. The second-order valence-corrected chi connectivity index (χ2v) is 6.26. The quantitative estimate of drug-likeness (QED) is 0.914. The van der Waals surface area contributed by atoms with Gasteiger partial charge in [0.05, 0.1) is 23.6 Å². The molecule has 21 heavy (non-hydrogen) atoms. The molecule has 0 spiro atoms. The first kappa shape index (κ1) is 14.3. The van der Waals surface area contributed by atoms with Crippen LogP contribution in [0.3, 0.4) is 0 Å². The minimum Gasteiger partial charge on any atom is -0.308 e. The number of aromatic nitrogens is 3. The van der Waals surface area contributed by atoms with Crippen LogP contribution >= 0.6 is 0 Å². The maximum Gasteiger partial charge on any atom is 0.0820 e. The fourth-order valence-corrected chi connectivity index (χ4v) is 3.59. The zero-order chi connectivity index (χ0) is 14.7. The average molecular weight is 284 g/mol. The van der Waals surface area contributed by atoms with Crippen molar-refractivity contribution in [2.24, 2.45) is 5.41 Å². The van der Waals surface area contributed by atoms with E-state index in [1.165, 1.54) is 31.4 Å². The van der Waals surface area contributed by atoms with Crippen molar-refractivity contribution < 1.29 is 0 Å². The summed E-state index contributed by atoms with van der Waals surface area (Å²) in [5.41, 5.74) is 2.55. The van der Waals surface area contributed by atoms with E-state index < -0.39 is 0 Å². The van der Waals surface area contributed by atoms with Crippen molar-refractivity contribution >= 4 is 0 Å². The van der Waals surface area contributed by atoms with Gasteiger partial charge in [-0.3, -0.25) is 0 Å². The molecule has 1 aromatic carbocycles. The van der Waals surface area contributed by atoms with Crippen molar-refractivity contribution in [3.63, 3.8) is 0 Å². The molecular formula is C17H24N4. The van der Waals surface area contributed by atoms with Gasteiger partial charge in [0.15, 0.2) is 0 Å². The summed E-state index contributed by atoms with van der Waals surface area (Å²) in [5, 5.41) is 12.2. The summed E-state index contributed by atoms with van der Waals surface area (Å²) < 4.78 is 1.98. The van der Waals surface area contributed by atoms with Crippen LogP contribution < -0.4 is 5.32 Å². The highest BCUT2D eigenvalue weighted by Crippen LogP contribution is 2.47. The van der Waals surface area contributed by atoms with Crippen LogP contribution in [0, 0.1) is 5.41 Å². The van der Waals surface area contributed by atoms with Crippen molar-refractivity contribution in [2.75, 3.05) is 6.54 Å². The van der Waals surface area contributed by atoms with E-state index in [9.17, 15) is 0 Å². The summed E-state index contributed by atoms with van der Waals surface area (Å²) in [4.78, 5) is 0. The second-order valence-electron chi connectivity index (χ2n) is 6.26. The van der Waals surface area contributed by atoms with Gasteiger partial charge in [-0.25, -0.2) is 4.68 Å². The van der Waals surface area contributed by atoms with Crippen molar-refractivity contribution in [2.45, 2.75) is 45.6 Å². The number of benzene rings is 1. The first-order valence-corrected chi connectivity index (χ1v) is 7.94. The molecule has 0 saturated heterocycles. The highest BCUT2D eigenvalue weighted by Gasteiger charge is 2.39. The van der Waals surface area contributed by atoms with Crippen LogP contribution in [0.5, 0.6) is 0 Å². The fraction of sp³-hybridized carbons (Fsp3) is 0.529. The first-order chi connectivity index (χ1) is 10.2. The molecule has 1 heterocycles. The molecule has 1 N–H and O–H groups in total. The standard InChI is InChI=1S/C17H24N4/c1-3-18-16(17(2)11-7-8-12-17)15-13-19-20-21(15)14-9-5-4-6-10-14/h4-6,9-10,13,16,18H,3,7-8,11-12H2,1-2H3. The Morgan fingerprint density at radius 3 is 2.62 bits per heavy atom. The molecule has 1 aliphatic rings. The summed E-state index contributed by atoms with van der Waals surface area (Å²) in [7, 11) is 0. The van der Waals surface area contributed by atoms with E-state index >= 15 is 0 Å². The highest BCUT2D eigenvalue weighted by molar-refractivity contribution is 5.32. The Bertz CT molecular complexity index is 569. The van der Waals surface area contributed by atoms with Crippen LogP contribution in [-0.4, -0.2) is 21.5 Å². The molecule has 1 saturated carbocycles. The topological polar surface area (TPSA) is 42.7 Å². The van der Waals surface area contributed by atoms with Gasteiger partial charge in [-0.2, -0.15) is 0 Å². The predicted molar refractivity (Wildman–Crippen MR) is 84.4 cm³/mol. The first-order valence-electron chi connectivity index (χ1n) is 7.94. The molecule has 4 nitrogen and oxygen atoms in total. The Hall–Kier alpha value is -1.68. The summed E-state index contributed by atoms with van der Waals surface area (Å²) in [5.74, 6) is 0. The lowest BCUT2D eigenvalue weighted by Crippen LogP contribution is -2.36. The van der Waals surface area contributed by atoms with Crippen LogP contribution in [0.1, 0.15) is 51.3 Å². The number of hydrogen-bond acceptors (Lipinski definition) is 3. The lowest BCUT2D eigenvalue weighted by Gasteiger charge is -2.34. The molecule has 0 radical (unpaired) electrons. The number of nitrogens with zero attached hydrogens (tertiary/aromatic N) is 3. The van der Waals surface area contributed by atoms with Gasteiger partial charge in [0.2, 0.25) is 0 Å². The molecule has 1 unspecified atom stereocenters. The molecule has 4 heteroatoms. The Labute approximate surface area is 126 Å². The maximum atomic E-state index is 4.32. The van der Waals surface area contributed by atoms with Crippen molar-refractivity contribution in [1.29, 1.82) is 0 Å². The minimum absolute atomic E-state index is 0.296. The molecule has 1 fully saturated rings. The zero-order valence-electron chi connectivity index (χ0n) is 12.9. The number of nitrogens with one attached hydrogen (secondary N) is 1. The van der Waals surface area contributed by atoms with E-state index in [1.807, 2.05) is 29.1 Å². The number of para-hydroxylation sites is 1. The van der Waals surface area contributed by atoms with Crippen molar-refractivity contribution in [3.05, 3.63) is 42.2 Å². The van der Waals surface area contributed by atoms with E-state index in [4.69, 9.17) is 0 Å². The van der Waals surface area contributed by atoms with Gasteiger partial charge < -0.3 is 5.32 Å². The predicted octanol–water partition coefficient (Wildman–Crippen LogP) is 3.50. The monoisotopic (exact) mass is 284 g/mol. The van der Waals surface area contributed by atoms with Gasteiger partial charge in [0.25, 0.3) is 0 Å². The smallest absolute Gasteiger partial charge is 0.0820 e. The van der Waals surface area contributed by atoms with E-state index in [-0.39, 0.29) is 0 Å². The lowest BCUT2D eigenvalue weighted by molar-refractivity contribution is 0.219. The van der Waals surface area contributed by atoms with Crippen molar-refractivity contribution in [1.82, 2.24) is 20.3 Å². The summed E-state index contributed by atoms with van der Waals surface area (Å²) in [6.45, 7) is 5.53. The van der Waals surface area contributed by atoms with Gasteiger partial charge in [0, 0.05) is 0 Å². The number of rotatable bonds is 5. The van der Waals surface area contributed by atoms with E-state index in [0.717, 1.165) is 12.2 Å². The summed E-state index contributed by atoms with van der Waals surface area (Å²) in [6, 6.07) is 10.6. The average Bonchev–Trinajstić information content (AvgIpc) is 3.15. The molecule has 2 aromatic rings. The number of hydrogen-bond donors (Lipinski definition) is 1. The molecule has 1 atom stereocenters. The van der Waals surface area contributed by atoms with Crippen molar-refractivity contribution in [3.8, 4) is 5.69 Å². The molecular weight excluding hydrogens is 260 g/mol. The SMILES string of the molecule is CCNC(c1cnnn1-c1ccccc1)C1(C)CCCC1. The van der Waals surface area contributed by atoms with E-state index in [1.54, 1.807) is 0 Å². The molecule has 0 aliphatic heterocycles. The van der Waals surface area contributed by atoms with Crippen LogP contribution in [-0.2, 0) is 0 Å². The molecule has 3 rings (SSSR count). The molecule has 1 aliphatic carbocycles. The van der Waals surface area contributed by atoms with E-state index in [0.29, 0.717) is 11.5 Å². The largest absolute Gasteiger partial charge is 0.308 e.